The van der Waals surface area contributed by atoms with Crippen LogP contribution in [0.2, 0.25) is 0 Å². The number of rotatable bonds is 4. The molecule has 6 atom stereocenters. The number of piperazine rings is 1. The number of likely N-dealkylation sites (N-methyl/N-ethyl adjacent to an activating group) is 1. The van der Waals surface area contributed by atoms with Crippen LogP contribution in [-0.4, -0.2) is 110 Å². The zero-order valence-electron chi connectivity index (χ0n) is 26.4. The summed E-state index contributed by atoms with van der Waals surface area (Å²) in [6, 6.07) is 14.1. The van der Waals surface area contributed by atoms with Crippen molar-refractivity contribution in [2.75, 3.05) is 20.1 Å². The van der Waals surface area contributed by atoms with Gasteiger partial charge in [-0.15, -0.1) is 0 Å². The Bertz CT molecular complexity index is 1940. The molecule has 14 nitrogen and oxygen atoms in total. The molecule has 0 bridgehead atoms. The summed E-state index contributed by atoms with van der Waals surface area (Å²) in [7, 11) is -2.65. The van der Waals surface area contributed by atoms with Crippen LogP contribution in [-0.2, 0) is 42.4 Å². The average Bonchev–Trinajstić information content (AvgIpc) is 3.73. The second-order valence-corrected chi connectivity index (χ2v) is 14.1. The highest BCUT2D eigenvalue weighted by Crippen LogP contribution is 2.46. The molecule has 48 heavy (non-hydrogen) atoms. The zero-order chi connectivity index (χ0) is 34.2. The molecule has 8 rings (SSSR count). The molecule has 5 heterocycles. The van der Waals surface area contributed by atoms with E-state index < -0.39 is 45.9 Å². The summed E-state index contributed by atoms with van der Waals surface area (Å²) in [4.78, 5) is 50.2. The second kappa shape index (κ2) is 11.5. The number of aromatic nitrogens is 1. The summed E-state index contributed by atoms with van der Waals surface area (Å²) >= 11 is 0. The van der Waals surface area contributed by atoms with Crippen molar-refractivity contribution in [3.63, 3.8) is 0 Å². The van der Waals surface area contributed by atoms with Gasteiger partial charge in [0.1, 0.15) is 12.1 Å². The highest BCUT2D eigenvalue weighted by molar-refractivity contribution is 7.79. The maximum Gasteiger partial charge on any atom is 0.394 e. The fourth-order valence-corrected chi connectivity index (χ4v) is 8.12. The highest BCUT2D eigenvalue weighted by atomic mass is 32.3. The number of hydrogen-bond acceptors (Lipinski definition) is 8. The van der Waals surface area contributed by atoms with E-state index in [4.69, 9.17) is 22.3 Å². The van der Waals surface area contributed by atoms with Crippen LogP contribution in [0.1, 0.15) is 36.5 Å². The SMILES string of the molecule is CN1C[C@H](C(=O)N[C@]2(C)O[C@@]3(O)[C@@H]4CCCN4C(=O)[C@H](Cc4ccccc4)N3C2=O)C=C2c3cccc4[nH]cc(c34)C[C@H]21.O=S(=O)(O)O. The first-order valence-corrected chi connectivity index (χ1v) is 17.2. The second-order valence-electron chi connectivity index (χ2n) is 13.2. The molecule has 0 unspecified atom stereocenters. The van der Waals surface area contributed by atoms with Crippen molar-refractivity contribution in [1.82, 2.24) is 25.0 Å². The fourth-order valence-electron chi connectivity index (χ4n) is 8.12. The first kappa shape index (κ1) is 32.4. The number of nitrogens with zero attached hydrogens (tertiary/aromatic N) is 3. The van der Waals surface area contributed by atoms with Gasteiger partial charge in [0.15, 0.2) is 0 Å². The van der Waals surface area contributed by atoms with Gasteiger partial charge in [-0.1, -0.05) is 48.5 Å². The molecule has 0 saturated carbocycles. The number of aliphatic hydroxyl groups is 1. The number of amides is 3. The Morgan fingerprint density at radius 3 is 2.58 bits per heavy atom. The normalized spacial score (nSPS) is 31.1. The number of nitrogens with one attached hydrogen (secondary N) is 2. The first-order valence-electron chi connectivity index (χ1n) is 15.8. The molecule has 5 aliphatic rings. The minimum absolute atomic E-state index is 0.144. The molecule has 254 valence electrons. The first-order chi connectivity index (χ1) is 22.7. The molecule has 0 radical (unpaired) electrons. The van der Waals surface area contributed by atoms with Gasteiger partial charge in [-0.25, -0.2) is 0 Å². The van der Waals surface area contributed by atoms with Crippen molar-refractivity contribution in [2.24, 2.45) is 5.92 Å². The summed E-state index contributed by atoms with van der Waals surface area (Å²) in [5.74, 6) is -3.77. The van der Waals surface area contributed by atoms with Crippen molar-refractivity contribution in [2.45, 2.75) is 62.4 Å². The Balaban J connectivity index is 0.000000681. The smallest absolute Gasteiger partial charge is 0.361 e. The monoisotopic (exact) mass is 679 g/mol. The molecular formula is C33H37N5O9S. The molecule has 1 aromatic heterocycles. The van der Waals surface area contributed by atoms with E-state index in [1.165, 1.54) is 22.8 Å². The van der Waals surface area contributed by atoms with E-state index >= 15 is 0 Å². The van der Waals surface area contributed by atoms with Crippen LogP contribution >= 0.6 is 0 Å². The quantitative estimate of drug-likeness (QED) is 0.251. The summed E-state index contributed by atoms with van der Waals surface area (Å²) < 4.78 is 37.8. The zero-order valence-corrected chi connectivity index (χ0v) is 27.2. The number of aromatic amines is 1. The van der Waals surface area contributed by atoms with Gasteiger partial charge in [-0.2, -0.15) is 8.42 Å². The van der Waals surface area contributed by atoms with Gasteiger partial charge >= 0.3 is 10.4 Å². The van der Waals surface area contributed by atoms with Crippen LogP contribution in [0.25, 0.3) is 16.5 Å². The van der Waals surface area contributed by atoms with Crippen molar-refractivity contribution in [3.8, 4) is 0 Å². The summed E-state index contributed by atoms with van der Waals surface area (Å²) in [5.41, 5.74) is 3.58. The Morgan fingerprint density at radius 1 is 1.12 bits per heavy atom. The number of benzene rings is 2. The van der Waals surface area contributed by atoms with Crippen LogP contribution in [0.4, 0.5) is 0 Å². The number of carbonyl (C=O) groups is 3. The lowest BCUT2D eigenvalue weighted by Gasteiger charge is -2.48. The Labute approximate surface area is 276 Å². The van der Waals surface area contributed by atoms with E-state index in [1.54, 1.807) is 4.90 Å². The lowest BCUT2D eigenvalue weighted by atomic mass is 9.79. The minimum Gasteiger partial charge on any atom is -0.361 e. The summed E-state index contributed by atoms with van der Waals surface area (Å²) in [6.07, 6.45) is 6.38. The number of hydrogen-bond donors (Lipinski definition) is 5. The van der Waals surface area contributed by atoms with Crippen molar-refractivity contribution in [1.29, 1.82) is 0 Å². The standard InChI is InChI=1S/C33H35N5O5.H2O4S/c1-32(35-29(39)21-15-23-22-10-6-11-24-28(22)20(17-34-24)16-25(23)36(2)18-21)31(41)38-26(14-19-8-4-3-5-9-19)30(40)37-13-7-12-27(37)33(38,42)43-32;1-5(2,3)4/h3-6,8-11,15,17,21,25-27,34,42H,7,12-14,16,18H2,1-2H3,(H,35,39);(H2,1,2,3,4)/t21-,25-,26+,27+,32-,33+;/m1./s1. The van der Waals surface area contributed by atoms with Gasteiger partial charge < -0.3 is 20.3 Å². The van der Waals surface area contributed by atoms with Crippen molar-refractivity contribution >= 4 is 44.6 Å². The van der Waals surface area contributed by atoms with Crippen molar-refractivity contribution in [3.05, 3.63) is 77.5 Å². The molecule has 3 fully saturated rings. The highest BCUT2D eigenvalue weighted by Gasteiger charge is 2.70. The minimum atomic E-state index is -4.67. The molecule has 15 heteroatoms. The van der Waals surface area contributed by atoms with Crippen LogP contribution in [0.3, 0.4) is 0 Å². The number of H-pyrrole nitrogens is 1. The predicted molar refractivity (Wildman–Crippen MR) is 172 cm³/mol. The van der Waals surface area contributed by atoms with Crippen LogP contribution in [0.15, 0.2) is 60.8 Å². The maximum atomic E-state index is 14.2. The topological polar surface area (TPSA) is 193 Å². The third-order valence-electron chi connectivity index (χ3n) is 10.1. The van der Waals surface area contributed by atoms with E-state index in [2.05, 4.69) is 33.5 Å². The average molecular weight is 680 g/mol. The van der Waals surface area contributed by atoms with Gasteiger partial charge in [0.25, 0.3) is 11.8 Å². The molecule has 4 aliphatic heterocycles. The van der Waals surface area contributed by atoms with Gasteiger partial charge in [-0.3, -0.25) is 38.0 Å². The third kappa shape index (κ3) is 5.40. The van der Waals surface area contributed by atoms with E-state index in [0.29, 0.717) is 25.9 Å². The van der Waals surface area contributed by atoms with Gasteiger partial charge in [0, 0.05) is 42.7 Å². The molecule has 0 spiro atoms. The molecule has 3 aromatic rings. The van der Waals surface area contributed by atoms with Crippen molar-refractivity contribution < 1.29 is 41.8 Å². The van der Waals surface area contributed by atoms with Gasteiger partial charge in [0.05, 0.1) is 5.92 Å². The third-order valence-corrected chi connectivity index (χ3v) is 10.1. The van der Waals surface area contributed by atoms with Crippen LogP contribution in [0.5, 0.6) is 0 Å². The molecule has 3 saturated heterocycles. The van der Waals surface area contributed by atoms with E-state index in [1.807, 2.05) is 49.5 Å². The fraction of sp³-hybridized carbons (Fsp3) is 0.424. The van der Waals surface area contributed by atoms with E-state index in [0.717, 1.165) is 28.6 Å². The van der Waals surface area contributed by atoms with E-state index in [-0.39, 0.29) is 24.3 Å². The van der Waals surface area contributed by atoms with Crippen LogP contribution < -0.4 is 5.32 Å². The number of ether oxygens (including phenoxy) is 1. The predicted octanol–water partition coefficient (Wildman–Crippen LogP) is 1.34. The van der Waals surface area contributed by atoms with E-state index in [9.17, 15) is 19.5 Å². The lowest BCUT2D eigenvalue weighted by Crippen LogP contribution is -2.71. The molecule has 3 amide bonds. The Kier molecular flexibility index (Phi) is 7.77. The van der Waals surface area contributed by atoms with Gasteiger partial charge in [-0.05, 0) is 61.6 Å². The summed E-state index contributed by atoms with van der Waals surface area (Å²) in [6.45, 7) is 2.45. The van der Waals surface area contributed by atoms with Gasteiger partial charge in [0.2, 0.25) is 17.5 Å². The molecule has 1 aliphatic carbocycles. The largest absolute Gasteiger partial charge is 0.394 e. The number of fused-ring (bicyclic) bond motifs is 5. The summed E-state index contributed by atoms with van der Waals surface area (Å²) in [5, 5.41) is 16.1. The Hall–Kier alpha value is -4.12. The molecular weight excluding hydrogens is 642 g/mol. The maximum absolute atomic E-state index is 14.2. The Morgan fingerprint density at radius 2 is 1.85 bits per heavy atom. The molecule has 5 N–H and O–H groups in total. The van der Waals surface area contributed by atoms with Crippen LogP contribution in [0, 0.1) is 5.92 Å². The number of carbonyl (C=O) groups excluding carboxylic acids is 3. The molecule has 2 aromatic carbocycles. The lowest BCUT2D eigenvalue weighted by molar-refractivity contribution is -0.315.